The van der Waals surface area contributed by atoms with Gasteiger partial charge in [0.2, 0.25) is 0 Å². The minimum absolute atomic E-state index is 0.194. The molecule has 0 aromatic heterocycles. The molecule has 4 nitrogen and oxygen atoms in total. The Morgan fingerprint density at radius 3 is 2.71 bits per heavy atom. The summed E-state index contributed by atoms with van der Waals surface area (Å²) in [5, 5.41) is 2.59. The summed E-state index contributed by atoms with van der Waals surface area (Å²) in [5.74, 6) is 0. The summed E-state index contributed by atoms with van der Waals surface area (Å²) in [6.45, 7) is 4.32. The lowest BCUT2D eigenvalue weighted by molar-refractivity contribution is -0.107. The number of anilines is 1. The fraction of sp³-hybridized carbons (Fsp3) is 0.385. The third-order valence-electron chi connectivity index (χ3n) is 2.59. The molecular weight excluding hydrogens is 216 g/mol. The van der Waals surface area contributed by atoms with Crippen LogP contribution in [0.2, 0.25) is 0 Å². The fourth-order valence-electron chi connectivity index (χ4n) is 1.66. The van der Waals surface area contributed by atoms with Gasteiger partial charge in [0, 0.05) is 25.7 Å². The van der Waals surface area contributed by atoms with E-state index >= 15 is 0 Å². The van der Waals surface area contributed by atoms with E-state index in [0.29, 0.717) is 13.0 Å². The zero-order valence-corrected chi connectivity index (χ0v) is 10.5. The molecule has 0 bridgehead atoms. The summed E-state index contributed by atoms with van der Waals surface area (Å²) in [5.41, 5.74) is 2.96. The van der Waals surface area contributed by atoms with E-state index in [1.807, 2.05) is 32.0 Å². The molecule has 0 radical (unpaired) electrons. The molecule has 1 rings (SSSR count). The van der Waals surface area contributed by atoms with Gasteiger partial charge in [0.25, 0.3) is 0 Å². The lowest BCUT2D eigenvalue weighted by Gasteiger charge is -2.23. The molecular formula is C13H18N2O2. The molecule has 2 amide bonds. The lowest BCUT2D eigenvalue weighted by Crippen LogP contribution is -2.39. The summed E-state index contributed by atoms with van der Waals surface area (Å²) in [6, 6.07) is 5.73. The third kappa shape index (κ3) is 3.31. The summed E-state index contributed by atoms with van der Waals surface area (Å²) in [6.07, 6.45) is 1.15. The quantitative estimate of drug-likeness (QED) is 0.810. The number of carbonyl (C=O) groups excluding carboxylic acids is 2. The van der Waals surface area contributed by atoms with Gasteiger partial charge in [-0.15, -0.1) is 0 Å². The SMILES string of the molecule is CNC(=O)N(CCC=O)c1cc(C)ccc1C. The highest BCUT2D eigenvalue weighted by atomic mass is 16.2. The zero-order valence-electron chi connectivity index (χ0n) is 10.5. The number of rotatable bonds is 4. The van der Waals surface area contributed by atoms with Gasteiger partial charge >= 0.3 is 6.03 Å². The van der Waals surface area contributed by atoms with E-state index in [1.54, 1.807) is 11.9 Å². The van der Waals surface area contributed by atoms with Crippen LogP contribution in [0.4, 0.5) is 10.5 Å². The van der Waals surface area contributed by atoms with Crippen LogP contribution in [0.5, 0.6) is 0 Å². The van der Waals surface area contributed by atoms with Crippen molar-refractivity contribution in [1.82, 2.24) is 5.32 Å². The van der Waals surface area contributed by atoms with E-state index in [-0.39, 0.29) is 6.03 Å². The fourth-order valence-corrected chi connectivity index (χ4v) is 1.66. The molecule has 0 heterocycles. The Balaban J connectivity index is 3.06. The van der Waals surface area contributed by atoms with E-state index in [1.165, 1.54) is 0 Å². The number of nitrogens with one attached hydrogen (secondary N) is 1. The maximum Gasteiger partial charge on any atom is 0.321 e. The van der Waals surface area contributed by atoms with Crippen LogP contribution in [0.15, 0.2) is 18.2 Å². The molecule has 0 fully saturated rings. The van der Waals surface area contributed by atoms with Gasteiger partial charge in [0.05, 0.1) is 0 Å². The van der Waals surface area contributed by atoms with Crippen molar-refractivity contribution in [2.45, 2.75) is 20.3 Å². The van der Waals surface area contributed by atoms with E-state index < -0.39 is 0 Å². The van der Waals surface area contributed by atoms with Gasteiger partial charge in [-0.1, -0.05) is 12.1 Å². The Morgan fingerprint density at radius 1 is 1.41 bits per heavy atom. The van der Waals surface area contributed by atoms with Crippen LogP contribution in [0.1, 0.15) is 17.5 Å². The van der Waals surface area contributed by atoms with E-state index in [2.05, 4.69) is 5.32 Å². The first-order valence-corrected chi connectivity index (χ1v) is 5.60. The van der Waals surface area contributed by atoms with Gasteiger partial charge in [-0.05, 0) is 31.0 Å². The molecule has 0 atom stereocenters. The van der Waals surface area contributed by atoms with Crippen molar-refractivity contribution in [2.75, 3.05) is 18.5 Å². The van der Waals surface area contributed by atoms with E-state index in [9.17, 15) is 9.59 Å². The maximum atomic E-state index is 11.8. The average molecular weight is 234 g/mol. The van der Waals surface area contributed by atoms with Crippen LogP contribution in [-0.2, 0) is 4.79 Å². The second-order valence-corrected chi connectivity index (χ2v) is 3.95. The number of urea groups is 1. The lowest BCUT2D eigenvalue weighted by atomic mass is 10.1. The predicted molar refractivity (Wildman–Crippen MR) is 68.4 cm³/mol. The maximum absolute atomic E-state index is 11.8. The van der Waals surface area contributed by atoms with Gasteiger partial charge in [-0.2, -0.15) is 0 Å². The minimum atomic E-state index is -0.194. The van der Waals surface area contributed by atoms with Crippen molar-refractivity contribution in [3.63, 3.8) is 0 Å². The molecule has 17 heavy (non-hydrogen) atoms. The first-order valence-electron chi connectivity index (χ1n) is 5.60. The number of hydrogen-bond donors (Lipinski definition) is 1. The standard InChI is InChI=1S/C13H18N2O2/c1-10-5-6-11(2)12(9-10)15(7-4-8-16)13(17)14-3/h5-6,8-9H,4,7H2,1-3H3,(H,14,17). The summed E-state index contributed by atoms with van der Waals surface area (Å²) < 4.78 is 0. The normalized spacial score (nSPS) is 9.82. The molecule has 0 aliphatic heterocycles. The van der Waals surface area contributed by atoms with Crippen LogP contribution in [0, 0.1) is 13.8 Å². The number of aldehydes is 1. The predicted octanol–water partition coefficient (Wildman–Crippen LogP) is 2.04. The molecule has 0 saturated heterocycles. The molecule has 0 saturated carbocycles. The second-order valence-electron chi connectivity index (χ2n) is 3.95. The number of hydrogen-bond acceptors (Lipinski definition) is 2. The number of amides is 2. The molecule has 0 unspecified atom stereocenters. The molecule has 92 valence electrons. The summed E-state index contributed by atoms with van der Waals surface area (Å²) in [7, 11) is 1.58. The van der Waals surface area contributed by atoms with Gasteiger partial charge in [0.15, 0.2) is 0 Å². The topological polar surface area (TPSA) is 49.4 Å². The zero-order chi connectivity index (χ0) is 12.8. The van der Waals surface area contributed by atoms with Crippen LogP contribution >= 0.6 is 0 Å². The first kappa shape index (κ1) is 13.2. The van der Waals surface area contributed by atoms with Gasteiger partial charge < -0.3 is 10.1 Å². The van der Waals surface area contributed by atoms with Crippen molar-refractivity contribution in [3.05, 3.63) is 29.3 Å². The molecule has 1 aromatic rings. The van der Waals surface area contributed by atoms with Crippen LogP contribution in [0.3, 0.4) is 0 Å². The molecule has 0 aliphatic rings. The Kier molecular flexibility index (Phi) is 4.69. The molecule has 0 aliphatic carbocycles. The molecule has 4 heteroatoms. The van der Waals surface area contributed by atoms with Crippen LogP contribution < -0.4 is 10.2 Å². The average Bonchev–Trinajstić information content (AvgIpc) is 2.33. The highest BCUT2D eigenvalue weighted by Gasteiger charge is 2.15. The summed E-state index contributed by atoms with van der Waals surface area (Å²) >= 11 is 0. The highest BCUT2D eigenvalue weighted by Crippen LogP contribution is 2.21. The molecule has 0 spiro atoms. The Hall–Kier alpha value is -1.84. The number of carbonyl (C=O) groups is 2. The first-order chi connectivity index (χ1) is 8.10. The van der Waals surface area contributed by atoms with Crippen molar-refractivity contribution >= 4 is 18.0 Å². The van der Waals surface area contributed by atoms with E-state index in [0.717, 1.165) is 23.1 Å². The van der Waals surface area contributed by atoms with Gasteiger partial charge in [-0.3, -0.25) is 4.90 Å². The van der Waals surface area contributed by atoms with Gasteiger partial charge in [-0.25, -0.2) is 4.79 Å². The van der Waals surface area contributed by atoms with Crippen molar-refractivity contribution in [2.24, 2.45) is 0 Å². The number of aryl methyl sites for hydroxylation is 2. The van der Waals surface area contributed by atoms with Crippen molar-refractivity contribution in [3.8, 4) is 0 Å². The number of nitrogens with zero attached hydrogens (tertiary/aromatic N) is 1. The van der Waals surface area contributed by atoms with Crippen LogP contribution in [-0.4, -0.2) is 25.9 Å². The monoisotopic (exact) mass is 234 g/mol. The molecule has 1 N–H and O–H groups in total. The van der Waals surface area contributed by atoms with E-state index in [4.69, 9.17) is 0 Å². The number of benzene rings is 1. The van der Waals surface area contributed by atoms with Crippen LogP contribution in [0.25, 0.3) is 0 Å². The Morgan fingerprint density at radius 2 is 2.12 bits per heavy atom. The van der Waals surface area contributed by atoms with Gasteiger partial charge in [0.1, 0.15) is 6.29 Å². The Labute approximate surface area is 102 Å². The van der Waals surface area contributed by atoms with Crippen molar-refractivity contribution < 1.29 is 9.59 Å². The second kappa shape index (κ2) is 6.03. The third-order valence-corrected chi connectivity index (χ3v) is 2.59. The smallest absolute Gasteiger partial charge is 0.321 e. The van der Waals surface area contributed by atoms with Crippen molar-refractivity contribution in [1.29, 1.82) is 0 Å². The molecule has 1 aromatic carbocycles. The Bertz CT molecular complexity index is 416. The largest absolute Gasteiger partial charge is 0.341 e. The highest BCUT2D eigenvalue weighted by molar-refractivity contribution is 5.93. The minimum Gasteiger partial charge on any atom is -0.341 e. The summed E-state index contributed by atoms with van der Waals surface area (Å²) in [4.78, 5) is 23.8.